The van der Waals surface area contributed by atoms with E-state index in [0.29, 0.717) is 32.2 Å². The predicted octanol–water partition coefficient (Wildman–Crippen LogP) is 1.92. The number of aromatic nitrogens is 2. The Kier molecular flexibility index (Phi) is 11.3. The third kappa shape index (κ3) is 8.01. The number of amides is 1. The highest BCUT2D eigenvalue weighted by Gasteiger charge is 2.09. The topological polar surface area (TPSA) is 92.6 Å². The van der Waals surface area contributed by atoms with E-state index in [9.17, 15) is 4.79 Å². The summed E-state index contributed by atoms with van der Waals surface area (Å²) in [7, 11) is 1.60. The van der Waals surface area contributed by atoms with Crippen LogP contribution < -0.4 is 16.0 Å². The zero-order chi connectivity index (χ0) is 20.4. The number of hydrogen-bond donors (Lipinski definition) is 3. The van der Waals surface area contributed by atoms with Gasteiger partial charge in [0.25, 0.3) is 0 Å². The van der Waals surface area contributed by atoms with Crippen LogP contribution in [0.4, 0.5) is 0 Å². The summed E-state index contributed by atoms with van der Waals surface area (Å²) in [6, 6.07) is 10.1. The number of nitrogens with one attached hydrogen (secondary N) is 3. The predicted molar refractivity (Wildman–Crippen MR) is 126 cm³/mol. The number of aryl methyl sites for hydroxylation is 2. The smallest absolute Gasteiger partial charge is 0.239 e. The summed E-state index contributed by atoms with van der Waals surface area (Å²) in [6.07, 6.45) is 0. The Morgan fingerprint density at radius 3 is 2.62 bits per heavy atom. The number of aliphatic imine (C=N–C) groups is 1. The van der Waals surface area contributed by atoms with E-state index in [0.717, 1.165) is 22.6 Å². The number of hydrogen-bond acceptors (Lipinski definition) is 4. The molecule has 0 spiro atoms. The molecule has 0 radical (unpaired) electrons. The van der Waals surface area contributed by atoms with Gasteiger partial charge in [0, 0.05) is 25.9 Å². The Balaban J connectivity index is 0.00000420. The van der Waals surface area contributed by atoms with E-state index in [1.54, 1.807) is 7.11 Å². The van der Waals surface area contributed by atoms with E-state index in [1.807, 2.05) is 55.8 Å². The summed E-state index contributed by atoms with van der Waals surface area (Å²) < 4.78 is 6.86. The highest BCUT2D eigenvalue weighted by Crippen LogP contribution is 2.17. The zero-order valence-corrected chi connectivity index (χ0v) is 19.8. The molecule has 0 aliphatic carbocycles. The summed E-state index contributed by atoms with van der Waals surface area (Å²) in [5.41, 5.74) is 4.11. The van der Waals surface area contributed by atoms with E-state index in [-0.39, 0.29) is 36.4 Å². The molecule has 0 fully saturated rings. The molecule has 2 rings (SSSR count). The van der Waals surface area contributed by atoms with Crippen LogP contribution in [0.1, 0.15) is 23.9 Å². The summed E-state index contributed by atoms with van der Waals surface area (Å²) >= 11 is 0. The maximum atomic E-state index is 11.9. The molecule has 160 valence electrons. The van der Waals surface area contributed by atoms with E-state index in [4.69, 9.17) is 4.74 Å². The summed E-state index contributed by atoms with van der Waals surface area (Å²) in [6.45, 7) is 8.30. The molecule has 1 aromatic heterocycles. The molecular weight excluding hydrogens is 483 g/mol. The van der Waals surface area contributed by atoms with Crippen LogP contribution in [-0.2, 0) is 16.1 Å². The number of carbonyl (C=O) groups is 1. The molecule has 0 bridgehead atoms. The second kappa shape index (κ2) is 13.2. The van der Waals surface area contributed by atoms with Crippen molar-refractivity contribution in [1.82, 2.24) is 25.7 Å². The molecule has 0 saturated heterocycles. The van der Waals surface area contributed by atoms with Crippen molar-refractivity contribution in [2.45, 2.75) is 27.3 Å². The Hall–Kier alpha value is -2.14. The fourth-order valence-corrected chi connectivity index (χ4v) is 2.75. The summed E-state index contributed by atoms with van der Waals surface area (Å²) in [5, 5.41) is 13.6. The van der Waals surface area contributed by atoms with Crippen LogP contribution in [0.3, 0.4) is 0 Å². The quantitative estimate of drug-likeness (QED) is 0.206. The molecule has 2 aromatic rings. The lowest BCUT2D eigenvalue weighted by molar-refractivity contribution is -0.120. The van der Waals surface area contributed by atoms with E-state index < -0.39 is 0 Å². The Morgan fingerprint density at radius 2 is 1.97 bits per heavy atom. The monoisotopic (exact) mass is 514 g/mol. The highest BCUT2D eigenvalue weighted by atomic mass is 127. The van der Waals surface area contributed by atoms with Gasteiger partial charge < -0.3 is 20.7 Å². The maximum absolute atomic E-state index is 11.9. The number of guanidine groups is 1. The van der Waals surface area contributed by atoms with Crippen LogP contribution in [0.25, 0.3) is 5.69 Å². The second-order valence-electron chi connectivity index (χ2n) is 6.36. The molecule has 3 N–H and O–H groups in total. The van der Waals surface area contributed by atoms with Gasteiger partial charge in [0.1, 0.15) is 0 Å². The number of ether oxygens (including phenoxy) is 1. The van der Waals surface area contributed by atoms with Crippen molar-refractivity contribution in [2.24, 2.45) is 4.99 Å². The van der Waals surface area contributed by atoms with Gasteiger partial charge in [0.2, 0.25) is 5.91 Å². The largest absolute Gasteiger partial charge is 0.383 e. The van der Waals surface area contributed by atoms with Crippen molar-refractivity contribution in [2.75, 3.05) is 33.4 Å². The van der Waals surface area contributed by atoms with Gasteiger partial charge in [-0.25, -0.2) is 9.67 Å². The fraction of sp³-hybridized carbons (Fsp3) is 0.450. The number of nitrogens with zero attached hydrogens (tertiary/aromatic N) is 3. The number of rotatable bonds is 9. The molecule has 1 aromatic carbocycles. The minimum Gasteiger partial charge on any atom is -0.383 e. The molecule has 1 heterocycles. The van der Waals surface area contributed by atoms with Crippen molar-refractivity contribution in [3.8, 4) is 5.69 Å². The first-order valence-corrected chi connectivity index (χ1v) is 9.44. The van der Waals surface area contributed by atoms with Crippen molar-refractivity contribution < 1.29 is 9.53 Å². The summed E-state index contributed by atoms with van der Waals surface area (Å²) in [5.74, 6) is 0.484. The van der Waals surface area contributed by atoms with Crippen LogP contribution in [0.15, 0.2) is 35.3 Å². The standard InChI is InChI=1S/C20H30N6O2.HI/c1-5-21-20(24-14-19(27)22-10-11-28-4)23-13-17-8-6-7-9-18(17)26-16(3)12-15(2)25-26;/h6-9,12H,5,10-11,13-14H2,1-4H3,(H,22,27)(H2,21,23,24);1H. The van der Waals surface area contributed by atoms with Crippen molar-refractivity contribution in [3.05, 3.63) is 47.3 Å². The lowest BCUT2D eigenvalue weighted by Crippen LogP contribution is -2.43. The first-order chi connectivity index (χ1) is 13.5. The minimum absolute atomic E-state index is 0. The van der Waals surface area contributed by atoms with Gasteiger partial charge in [-0.15, -0.1) is 24.0 Å². The fourth-order valence-electron chi connectivity index (χ4n) is 2.75. The molecule has 0 atom stereocenters. The number of methoxy groups -OCH3 is 1. The lowest BCUT2D eigenvalue weighted by atomic mass is 10.2. The average Bonchev–Trinajstić information content (AvgIpc) is 3.02. The SMILES string of the molecule is CCNC(=NCc1ccccc1-n1nc(C)cc1C)NCC(=O)NCCOC.I. The van der Waals surface area contributed by atoms with Gasteiger partial charge >= 0.3 is 0 Å². The third-order valence-electron chi connectivity index (χ3n) is 4.03. The van der Waals surface area contributed by atoms with Gasteiger partial charge in [-0.2, -0.15) is 5.10 Å². The van der Waals surface area contributed by atoms with E-state index >= 15 is 0 Å². The Labute approximate surface area is 189 Å². The molecule has 0 saturated carbocycles. The van der Waals surface area contributed by atoms with Gasteiger partial charge in [0.15, 0.2) is 5.96 Å². The molecule has 0 aliphatic rings. The lowest BCUT2D eigenvalue weighted by Gasteiger charge is -2.13. The van der Waals surface area contributed by atoms with Crippen molar-refractivity contribution >= 4 is 35.8 Å². The van der Waals surface area contributed by atoms with Crippen LogP contribution in [-0.4, -0.2) is 55.0 Å². The van der Waals surface area contributed by atoms with Crippen LogP contribution in [0.2, 0.25) is 0 Å². The van der Waals surface area contributed by atoms with E-state index in [2.05, 4.69) is 26.0 Å². The number of benzene rings is 1. The molecule has 8 nitrogen and oxygen atoms in total. The third-order valence-corrected chi connectivity index (χ3v) is 4.03. The van der Waals surface area contributed by atoms with Crippen LogP contribution >= 0.6 is 24.0 Å². The van der Waals surface area contributed by atoms with Gasteiger partial charge in [-0.05, 0) is 38.5 Å². The van der Waals surface area contributed by atoms with Crippen LogP contribution in [0, 0.1) is 13.8 Å². The van der Waals surface area contributed by atoms with Crippen molar-refractivity contribution in [3.63, 3.8) is 0 Å². The molecular formula is C20H31IN6O2. The number of carbonyl (C=O) groups excluding carboxylic acids is 1. The number of para-hydroxylation sites is 1. The Bertz CT molecular complexity index is 806. The molecule has 29 heavy (non-hydrogen) atoms. The second-order valence-corrected chi connectivity index (χ2v) is 6.36. The number of halogens is 1. The zero-order valence-electron chi connectivity index (χ0n) is 17.5. The summed E-state index contributed by atoms with van der Waals surface area (Å²) in [4.78, 5) is 16.5. The first-order valence-electron chi connectivity index (χ1n) is 9.44. The average molecular weight is 514 g/mol. The van der Waals surface area contributed by atoms with Crippen LogP contribution in [0.5, 0.6) is 0 Å². The first kappa shape index (κ1) is 24.9. The van der Waals surface area contributed by atoms with Gasteiger partial charge in [-0.1, -0.05) is 18.2 Å². The van der Waals surface area contributed by atoms with Gasteiger partial charge in [0.05, 0.1) is 31.1 Å². The molecule has 0 unspecified atom stereocenters. The van der Waals surface area contributed by atoms with E-state index in [1.165, 1.54) is 0 Å². The maximum Gasteiger partial charge on any atom is 0.239 e. The minimum atomic E-state index is -0.106. The molecule has 9 heteroatoms. The van der Waals surface area contributed by atoms with Crippen molar-refractivity contribution in [1.29, 1.82) is 0 Å². The molecule has 1 amide bonds. The normalized spacial score (nSPS) is 11.0. The Morgan fingerprint density at radius 1 is 1.21 bits per heavy atom. The molecule has 0 aliphatic heterocycles. The highest BCUT2D eigenvalue weighted by molar-refractivity contribution is 14.0. The van der Waals surface area contributed by atoms with Gasteiger partial charge in [-0.3, -0.25) is 4.79 Å².